The van der Waals surface area contributed by atoms with Gasteiger partial charge in [-0.15, -0.1) is 0 Å². The van der Waals surface area contributed by atoms with E-state index in [0.29, 0.717) is 25.1 Å². The second kappa shape index (κ2) is 6.80. The molecular formula is C12H19N3O3. The molecule has 1 rings (SSSR count). The number of amides is 1. The van der Waals surface area contributed by atoms with Gasteiger partial charge in [0.2, 0.25) is 5.91 Å². The summed E-state index contributed by atoms with van der Waals surface area (Å²) < 4.78 is 1.26. The molecule has 1 aromatic heterocycles. The molecule has 0 bridgehead atoms. The summed E-state index contributed by atoms with van der Waals surface area (Å²) in [6.45, 7) is 2.15. The fourth-order valence-corrected chi connectivity index (χ4v) is 1.51. The van der Waals surface area contributed by atoms with E-state index in [4.69, 9.17) is 10.8 Å². The van der Waals surface area contributed by atoms with Gasteiger partial charge in [-0.2, -0.15) is 0 Å². The number of nitrogens with one attached hydrogen (secondary N) is 1. The molecule has 1 atom stereocenters. The van der Waals surface area contributed by atoms with E-state index in [1.807, 2.05) is 0 Å². The van der Waals surface area contributed by atoms with Crippen LogP contribution in [0.3, 0.4) is 0 Å². The number of aromatic nitrogens is 1. The molecule has 0 spiro atoms. The molecule has 6 heteroatoms. The number of carbonyl (C=O) groups is 1. The van der Waals surface area contributed by atoms with Gasteiger partial charge in [0.15, 0.2) is 0 Å². The van der Waals surface area contributed by atoms with E-state index >= 15 is 0 Å². The highest BCUT2D eigenvalue weighted by Gasteiger charge is 2.04. The van der Waals surface area contributed by atoms with E-state index in [9.17, 15) is 9.59 Å². The highest BCUT2D eigenvalue weighted by atomic mass is 16.3. The summed E-state index contributed by atoms with van der Waals surface area (Å²) in [7, 11) is 0. The Bertz CT molecular complexity index is 454. The van der Waals surface area contributed by atoms with Gasteiger partial charge >= 0.3 is 0 Å². The molecule has 0 aromatic carbocycles. The molecule has 1 heterocycles. The maximum atomic E-state index is 11.5. The fourth-order valence-electron chi connectivity index (χ4n) is 1.51. The molecule has 1 unspecified atom stereocenters. The normalized spacial score (nSPS) is 12.1. The molecule has 1 aromatic rings. The van der Waals surface area contributed by atoms with Crippen LogP contribution < -0.4 is 16.6 Å². The summed E-state index contributed by atoms with van der Waals surface area (Å²) in [5.74, 6) is -0.242. The number of rotatable bonds is 6. The molecule has 1 amide bonds. The minimum Gasteiger partial charge on any atom is -0.398 e. The van der Waals surface area contributed by atoms with Gasteiger partial charge in [0.1, 0.15) is 6.54 Å². The van der Waals surface area contributed by atoms with Crippen molar-refractivity contribution in [3.63, 3.8) is 0 Å². The summed E-state index contributed by atoms with van der Waals surface area (Å²) in [5, 5.41) is 11.7. The Hall–Kier alpha value is -1.82. The Morgan fingerprint density at radius 1 is 1.56 bits per heavy atom. The third kappa shape index (κ3) is 5.01. The minimum absolute atomic E-state index is 0.0431. The Morgan fingerprint density at radius 2 is 2.28 bits per heavy atom. The van der Waals surface area contributed by atoms with Gasteiger partial charge in [-0.25, -0.2) is 0 Å². The molecule has 0 saturated heterocycles. The molecular weight excluding hydrogens is 234 g/mol. The Kier molecular flexibility index (Phi) is 5.38. The zero-order chi connectivity index (χ0) is 13.5. The van der Waals surface area contributed by atoms with Crippen LogP contribution in [0, 0.1) is 0 Å². The molecule has 0 saturated carbocycles. The Morgan fingerprint density at radius 3 is 2.94 bits per heavy atom. The molecule has 100 valence electrons. The van der Waals surface area contributed by atoms with Crippen LogP contribution in [-0.2, 0) is 11.3 Å². The predicted molar refractivity (Wildman–Crippen MR) is 69.0 cm³/mol. The first-order valence-corrected chi connectivity index (χ1v) is 5.90. The van der Waals surface area contributed by atoms with Crippen molar-refractivity contribution >= 4 is 11.6 Å². The van der Waals surface area contributed by atoms with Crippen molar-refractivity contribution in [3.05, 3.63) is 28.7 Å². The van der Waals surface area contributed by atoms with Crippen molar-refractivity contribution in [2.75, 3.05) is 12.3 Å². The van der Waals surface area contributed by atoms with Crippen LogP contribution in [0.4, 0.5) is 5.69 Å². The highest BCUT2D eigenvalue weighted by Crippen LogP contribution is 1.96. The lowest BCUT2D eigenvalue weighted by atomic mass is 10.2. The zero-order valence-electron chi connectivity index (χ0n) is 10.4. The van der Waals surface area contributed by atoms with Crippen molar-refractivity contribution in [1.29, 1.82) is 0 Å². The number of aliphatic hydroxyl groups is 1. The fraction of sp³-hybridized carbons (Fsp3) is 0.500. The average molecular weight is 253 g/mol. The smallest absolute Gasteiger partial charge is 0.251 e. The summed E-state index contributed by atoms with van der Waals surface area (Å²) in [4.78, 5) is 23.0. The number of nitrogens with two attached hydrogens (primary N) is 1. The van der Waals surface area contributed by atoms with Crippen LogP contribution in [0.2, 0.25) is 0 Å². The summed E-state index contributed by atoms with van der Waals surface area (Å²) in [6, 6.07) is 2.83. The van der Waals surface area contributed by atoms with E-state index < -0.39 is 0 Å². The maximum absolute atomic E-state index is 11.5. The van der Waals surface area contributed by atoms with Crippen molar-refractivity contribution in [3.8, 4) is 0 Å². The minimum atomic E-state index is -0.363. The van der Waals surface area contributed by atoms with Crippen molar-refractivity contribution in [2.45, 2.75) is 32.4 Å². The molecule has 0 aliphatic heterocycles. The van der Waals surface area contributed by atoms with Gasteiger partial charge in [-0.1, -0.05) is 0 Å². The lowest BCUT2D eigenvalue weighted by Crippen LogP contribution is -2.32. The van der Waals surface area contributed by atoms with Crippen molar-refractivity contribution < 1.29 is 9.90 Å². The summed E-state index contributed by atoms with van der Waals surface area (Å²) in [5.41, 5.74) is 5.72. The lowest BCUT2D eigenvalue weighted by Gasteiger charge is -2.08. The van der Waals surface area contributed by atoms with Gasteiger partial charge < -0.3 is 20.7 Å². The molecule has 0 fully saturated rings. The van der Waals surface area contributed by atoms with Crippen LogP contribution in [0.15, 0.2) is 23.1 Å². The van der Waals surface area contributed by atoms with E-state index in [1.165, 1.54) is 22.9 Å². The van der Waals surface area contributed by atoms with Crippen LogP contribution >= 0.6 is 0 Å². The van der Waals surface area contributed by atoms with Crippen LogP contribution in [0.1, 0.15) is 19.8 Å². The standard InChI is InChI=1S/C12H19N3O3/c1-9(16)3-2-6-14-11(17)8-15-7-10(13)4-5-12(15)18/h4-5,7,9,16H,2-3,6,8,13H2,1H3,(H,14,17). The maximum Gasteiger partial charge on any atom is 0.251 e. The zero-order valence-corrected chi connectivity index (χ0v) is 10.4. The van der Waals surface area contributed by atoms with Gasteiger partial charge in [0, 0.05) is 24.5 Å². The number of hydrogen-bond donors (Lipinski definition) is 3. The van der Waals surface area contributed by atoms with Crippen molar-refractivity contribution in [1.82, 2.24) is 9.88 Å². The molecule has 6 nitrogen and oxygen atoms in total. The number of nitrogens with zero attached hydrogens (tertiary/aromatic N) is 1. The summed E-state index contributed by atoms with van der Waals surface area (Å²) >= 11 is 0. The molecule has 18 heavy (non-hydrogen) atoms. The average Bonchev–Trinajstić information content (AvgIpc) is 2.29. The number of carbonyl (C=O) groups excluding carboxylic acids is 1. The van der Waals surface area contributed by atoms with Gasteiger partial charge in [-0.05, 0) is 25.8 Å². The van der Waals surface area contributed by atoms with Crippen LogP contribution in [0.25, 0.3) is 0 Å². The van der Waals surface area contributed by atoms with Crippen LogP contribution in [0.5, 0.6) is 0 Å². The molecule has 4 N–H and O–H groups in total. The summed E-state index contributed by atoms with van der Waals surface area (Å²) in [6.07, 6.45) is 2.42. The molecule has 0 aliphatic carbocycles. The third-order valence-corrected chi connectivity index (χ3v) is 2.44. The largest absolute Gasteiger partial charge is 0.398 e. The Labute approximate surface area is 105 Å². The van der Waals surface area contributed by atoms with Crippen LogP contribution in [-0.4, -0.2) is 28.2 Å². The second-order valence-electron chi connectivity index (χ2n) is 4.27. The van der Waals surface area contributed by atoms with E-state index in [-0.39, 0.29) is 24.1 Å². The third-order valence-electron chi connectivity index (χ3n) is 2.44. The lowest BCUT2D eigenvalue weighted by molar-refractivity contribution is -0.121. The van der Waals surface area contributed by atoms with Gasteiger partial charge in [0.25, 0.3) is 5.56 Å². The number of hydrogen-bond acceptors (Lipinski definition) is 4. The predicted octanol–water partition coefficient (Wildman–Crippen LogP) is -0.292. The monoisotopic (exact) mass is 253 g/mol. The van der Waals surface area contributed by atoms with E-state index in [0.717, 1.165) is 0 Å². The molecule has 0 radical (unpaired) electrons. The highest BCUT2D eigenvalue weighted by molar-refractivity contribution is 5.75. The van der Waals surface area contributed by atoms with E-state index in [2.05, 4.69) is 5.32 Å². The first-order valence-electron chi connectivity index (χ1n) is 5.90. The second-order valence-corrected chi connectivity index (χ2v) is 4.27. The Balaban J connectivity index is 2.40. The quantitative estimate of drug-likeness (QED) is 0.607. The first kappa shape index (κ1) is 14.2. The number of aliphatic hydroxyl groups excluding tert-OH is 1. The number of anilines is 1. The number of nitrogen functional groups attached to an aromatic ring is 1. The van der Waals surface area contributed by atoms with Gasteiger partial charge in [0.05, 0.1) is 6.10 Å². The first-order chi connectivity index (χ1) is 8.49. The molecule has 0 aliphatic rings. The van der Waals surface area contributed by atoms with Crippen molar-refractivity contribution in [2.24, 2.45) is 0 Å². The van der Waals surface area contributed by atoms with E-state index in [1.54, 1.807) is 6.92 Å². The number of pyridine rings is 1. The SMILES string of the molecule is CC(O)CCCNC(=O)Cn1cc(N)ccc1=O. The topological polar surface area (TPSA) is 97.3 Å². The van der Waals surface area contributed by atoms with Gasteiger partial charge in [-0.3, -0.25) is 9.59 Å².